The maximum Gasteiger partial charge on any atom is 0.270 e. The normalized spacial score (nSPS) is 22.2. The van der Waals surface area contributed by atoms with Crippen LogP contribution in [0, 0.1) is 16.0 Å². The van der Waals surface area contributed by atoms with Crippen LogP contribution in [0.2, 0.25) is 0 Å². The van der Waals surface area contributed by atoms with Gasteiger partial charge in [-0.1, -0.05) is 18.9 Å². The number of nitro groups is 1. The van der Waals surface area contributed by atoms with Crippen LogP contribution >= 0.6 is 0 Å². The highest BCUT2D eigenvalue weighted by Crippen LogP contribution is 2.24. The number of hydrogen-bond donors (Lipinski definition) is 2. The molecule has 1 saturated carbocycles. The van der Waals surface area contributed by atoms with Crippen molar-refractivity contribution < 1.29 is 9.72 Å². The molecule has 0 aromatic heterocycles. The van der Waals surface area contributed by atoms with Crippen LogP contribution in [-0.2, 0) is 0 Å². The van der Waals surface area contributed by atoms with Gasteiger partial charge in [0.05, 0.1) is 4.92 Å². The van der Waals surface area contributed by atoms with E-state index in [0.717, 1.165) is 25.7 Å². The highest BCUT2D eigenvalue weighted by Gasteiger charge is 2.25. The van der Waals surface area contributed by atoms with Gasteiger partial charge in [0.2, 0.25) is 0 Å². The van der Waals surface area contributed by atoms with Gasteiger partial charge in [0.15, 0.2) is 0 Å². The van der Waals surface area contributed by atoms with E-state index < -0.39 is 4.92 Å². The zero-order chi connectivity index (χ0) is 14.5. The van der Waals surface area contributed by atoms with E-state index in [-0.39, 0.29) is 17.6 Å². The van der Waals surface area contributed by atoms with Crippen molar-refractivity contribution in [3.63, 3.8) is 0 Å². The maximum absolute atomic E-state index is 12.2. The van der Waals surface area contributed by atoms with E-state index in [9.17, 15) is 14.9 Å². The minimum atomic E-state index is -0.500. The van der Waals surface area contributed by atoms with E-state index in [1.54, 1.807) is 6.07 Å². The summed E-state index contributed by atoms with van der Waals surface area (Å²) >= 11 is 0. The van der Waals surface area contributed by atoms with Gasteiger partial charge < -0.3 is 11.1 Å². The molecular formula is C14H19N3O3. The Morgan fingerprint density at radius 2 is 2.15 bits per heavy atom. The van der Waals surface area contributed by atoms with Gasteiger partial charge in [-0.25, -0.2) is 0 Å². The minimum Gasteiger partial charge on any atom is -0.349 e. The molecule has 0 saturated heterocycles. The van der Waals surface area contributed by atoms with E-state index >= 15 is 0 Å². The summed E-state index contributed by atoms with van der Waals surface area (Å²) in [6.07, 6.45) is 4.17. The Kier molecular flexibility index (Phi) is 4.68. The van der Waals surface area contributed by atoms with E-state index in [2.05, 4.69) is 5.32 Å². The fourth-order valence-electron chi connectivity index (χ4n) is 2.69. The number of nitro benzene ring substituents is 1. The van der Waals surface area contributed by atoms with Crippen molar-refractivity contribution in [3.05, 3.63) is 39.9 Å². The van der Waals surface area contributed by atoms with Crippen molar-refractivity contribution in [1.82, 2.24) is 5.32 Å². The molecule has 1 aromatic carbocycles. The third kappa shape index (κ3) is 3.33. The van der Waals surface area contributed by atoms with Crippen LogP contribution in [-0.4, -0.2) is 23.4 Å². The van der Waals surface area contributed by atoms with Gasteiger partial charge in [-0.05, 0) is 31.4 Å². The molecule has 0 radical (unpaired) electrons. The highest BCUT2D eigenvalue weighted by molar-refractivity contribution is 5.95. The first-order chi connectivity index (χ1) is 9.61. The van der Waals surface area contributed by atoms with Crippen LogP contribution in [0.4, 0.5) is 5.69 Å². The number of hydrogen-bond acceptors (Lipinski definition) is 4. The molecule has 2 atom stereocenters. The van der Waals surface area contributed by atoms with Gasteiger partial charge in [-0.15, -0.1) is 0 Å². The number of nitrogens with two attached hydrogens (primary N) is 1. The van der Waals surface area contributed by atoms with E-state index in [4.69, 9.17) is 5.73 Å². The molecule has 1 amide bonds. The van der Waals surface area contributed by atoms with Crippen LogP contribution in [0.15, 0.2) is 24.3 Å². The third-order valence-corrected chi connectivity index (χ3v) is 3.85. The number of rotatable bonds is 4. The van der Waals surface area contributed by atoms with Crippen LogP contribution in [0.5, 0.6) is 0 Å². The lowest BCUT2D eigenvalue weighted by Gasteiger charge is -2.31. The molecule has 108 valence electrons. The Bertz CT molecular complexity index is 504. The fraction of sp³-hybridized carbons (Fsp3) is 0.500. The van der Waals surface area contributed by atoms with Gasteiger partial charge in [0, 0.05) is 23.7 Å². The van der Waals surface area contributed by atoms with Crippen LogP contribution in [0.3, 0.4) is 0 Å². The SMILES string of the molecule is NCC1CCCCC1NC(=O)c1cccc([N+](=O)[O-])c1. The number of nitrogens with zero attached hydrogens (tertiary/aromatic N) is 1. The minimum absolute atomic E-state index is 0.0699. The molecule has 0 spiro atoms. The van der Waals surface area contributed by atoms with Crippen molar-refractivity contribution in [2.75, 3.05) is 6.54 Å². The Morgan fingerprint density at radius 3 is 2.85 bits per heavy atom. The molecule has 1 aromatic rings. The zero-order valence-corrected chi connectivity index (χ0v) is 11.2. The Morgan fingerprint density at radius 1 is 1.40 bits per heavy atom. The lowest BCUT2D eigenvalue weighted by atomic mass is 9.84. The molecule has 1 aliphatic carbocycles. The monoisotopic (exact) mass is 277 g/mol. The largest absolute Gasteiger partial charge is 0.349 e. The van der Waals surface area contributed by atoms with E-state index in [0.29, 0.717) is 18.0 Å². The summed E-state index contributed by atoms with van der Waals surface area (Å²) in [4.78, 5) is 22.4. The molecule has 1 fully saturated rings. The number of benzene rings is 1. The van der Waals surface area contributed by atoms with Gasteiger partial charge >= 0.3 is 0 Å². The van der Waals surface area contributed by atoms with Gasteiger partial charge in [-0.2, -0.15) is 0 Å². The Hall–Kier alpha value is -1.95. The number of non-ortho nitro benzene ring substituents is 1. The van der Waals surface area contributed by atoms with Crippen molar-refractivity contribution in [2.24, 2.45) is 11.7 Å². The summed E-state index contributed by atoms with van der Waals surface area (Å²) in [6, 6.07) is 5.85. The quantitative estimate of drug-likeness (QED) is 0.648. The second-order valence-corrected chi connectivity index (χ2v) is 5.17. The molecule has 20 heavy (non-hydrogen) atoms. The van der Waals surface area contributed by atoms with Crippen LogP contribution < -0.4 is 11.1 Å². The molecule has 2 rings (SSSR count). The molecule has 0 aliphatic heterocycles. The van der Waals surface area contributed by atoms with Crippen LogP contribution in [0.25, 0.3) is 0 Å². The van der Waals surface area contributed by atoms with Crippen molar-refractivity contribution >= 4 is 11.6 Å². The number of carbonyl (C=O) groups is 1. The Labute approximate surface area is 117 Å². The fourth-order valence-corrected chi connectivity index (χ4v) is 2.69. The summed E-state index contributed by atoms with van der Waals surface area (Å²) in [5, 5.41) is 13.7. The van der Waals surface area contributed by atoms with E-state index in [1.165, 1.54) is 18.2 Å². The molecule has 6 nitrogen and oxygen atoms in total. The summed E-state index contributed by atoms with van der Waals surface area (Å²) in [6.45, 7) is 0.555. The molecule has 2 unspecified atom stereocenters. The average molecular weight is 277 g/mol. The predicted octanol–water partition coefficient (Wildman–Crippen LogP) is 1.84. The average Bonchev–Trinajstić information content (AvgIpc) is 2.48. The van der Waals surface area contributed by atoms with Crippen molar-refractivity contribution in [2.45, 2.75) is 31.7 Å². The molecule has 1 aliphatic rings. The van der Waals surface area contributed by atoms with Gasteiger partial charge in [0.25, 0.3) is 11.6 Å². The number of nitrogens with one attached hydrogen (secondary N) is 1. The van der Waals surface area contributed by atoms with Gasteiger partial charge in [-0.3, -0.25) is 14.9 Å². The van der Waals surface area contributed by atoms with E-state index in [1.807, 2.05) is 0 Å². The number of carbonyl (C=O) groups excluding carboxylic acids is 1. The van der Waals surface area contributed by atoms with Gasteiger partial charge in [0.1, 0.15) is 0 Å². The second-order valence-electron chi connectivity index (χ2n) is 5.17. The molecule has 3 N–H and O–H groups in total. The highest BCUT2D eigenvalue weighted by atomic mass is 16.6. The first-order valence-corrected chi connectivity index (χ1v) is 6.87. The predicted molar refractivity (Wildman–Crippen MR) is 75.4 cm³/mol. The standard InChI is InChI=1S/C14H19N3O3/c15-9-11-4-1-2-7-13(11)16-14(18)10-5-3-6-12(8-10)17(19)20/h3,5-6,8,11,13H,1-2,4,7,9,15H2,(H,16,18). The zero-order valence-electron chi connectivity index (χ0n) is 11.2. The first-order valence-electron chi connectivity index (χ1n) is 6.87. The second kappa shape index (κ2) is 6.47. The lowest BCUT2D eigenvalue weighted by molar-refractivity contribution is -0.384. The summed E-state index contributed by atoms with van der Waals surface area (Å²) in [5.41, 5.74) is 5.98. The maximum atomic E-state index is 12.2. The lowest BCUT2D eigenvalue weighted by Crippen LogP contribution is -2.44. The topological polar surface area (TPSA) is 98.3 Å². The van der Waals surface area contributed by atoms with Crippen LogP contribution in [0.1, 0.15) is 36.0 Å². The first kappa shape index (κ1) is 14.5. The molecule has 0 heterocycles. The van der Waals surface area contributed by atoms with Crippen molar-refractivity contribution in [3.8, 4) is 0 Å². The van der Waals surface area contributed by atoms with Crippen molar-refractivity contribution in [1.29, 1.82) is 0 Å². The summed E-state index contributed by atoms with van der Waals surface area (Å²) in [7, 11) is 0. The summed E-state index contributed by atoms with van der Waals surface area (Å²) in [5.74, 6) is 0.0328. The molecular weight excluding hydrogens is 258 g/mol. The number of amides is 1. The molecule has 0 bridgehead atoms. The smallest absolute Gasteiger partial charge is 0.270 e. The third-order valence-electron chi connectivity index (χ3n) is 3.85. The molecule has 6 heteroatoms. The summed E-state index contributed by atoms with van der Waals surface area (Å²) < 4.78 is 0. The Balaban J connectivity index is 2.07.